The zero-order valence-corrected chi connectivity index (χ0v) is 18.2. The van der Waals surface area contributed by atoms with Gasteiger partial charge in [-0.25, -0.2) is 0 Å². The molecule has 0 spiro atoms. The number of aliphatic hydroxyl groups is 2. The number of Topliss-reactive ketones (excluding diaryl/α,β-unsaturated/α-hetero) is 1. The molecule has 1 aliphatic rings. The lowest BCUT2D eigenvalue weighted by molar-refractivity contribution is -0.278. The molecule has 10 nitrogen and oxygen atoms in total. The van der Waals surface area contributed by atoms with Gasteiger partial charge in [0.1, 0.15) is 18.0 Å². The number of benzene rings is 1. The predicted molar refractivity (Wildman–Crippen MR) is 111 cm³/mol. The van der Waals surface area contributed by atoms with E-state index >= 15 is 0 Å². The Labute approximate surface area is 186 Å². The minimum Gasteiger partial charge on any atom is -0.481 e. The van der Waals surface area contributed by atoms with Crippen LogP contribution in [0.3, 0.4) is 0 Å². The van der Waals surface area contributed by atoms with Gasteiger partial charge in [0.2, 0.25) is 0 Å². The Bertz CT molecular complexity index is 757. The maximum absolute atomic E-state index is 12.3. The number of carbonyl (C=O) groups excluding carboxylic acids is 2. The van der Waals surface area contributed by atoms with Gasteiger partial charge >= 0.3 is 11.9 Å². The quantitative estimate of drug-likeness (QED) is 0.324. The summed E-state index contributed by atoms with van der Waals surface area (Å²) in [4.78, 5) is 34.5. The van der Waals surface area contributed by atoms with E-state index in [9.17, 15) is 24.6 Å². The van der Waals surface area contributed by atoms with Gasteiger partial charge in [-0.15, -0.1) is 0 Å². The Morgan fingerprint density at radius 2 is 1.91 bits per heavy atom. The van der Waals surface area contributed by atoms with Crippen LogP contribution >= 0.6 is 0 Å². The SMILES string of the molecule is CC(=O)CCN[C@H]1C(OCc2ccccc2)O[C@H](CO)[C@@H](OC(=O)C(C)CC(=O)O)[C@@H]1O. The molecule has 32 heavy (non-hydrogen) atoms. The molecular weight excluding hydrogens is 422 g/mol. The zero-order valence-electron chi connectivity index (χ0n) is 18.2. The molecule has 2 rings (SSSR count). The molecule has 0 saturated carbocycles. The maximum Gasteiger partial charge on any atom is 0.309 e. The molecule has 10 heteroatoms. The lowest BCUT2D eigenvalue weighted by atomic mass is 9.96. The highest BCUT2D eigenvalue weighted by Gasteiger charge is 2.47. The van der Waals surface area contributed by atoms with Crippen molar-refractivity contribution in [2.24, 2.45) is 5.92 Å². The first kappa shape index (κ1) is 25.9. The molecule has 0 radical (unpaired) electrons. The van der Waals surface area contributed by atoms with Crippen LogP contribution in [0, 0.1) is 5.92 Å². The van der Waals surface area contributed by atoms with Gasteiger partial charge in [0, 0.05) is 13.0 Å². The minimum atomic E-state index is -1.34. The first-order valence-electron chi connectivity index (χ1n) is 10.5. The highest BCUT2D eigenvalue weighted by Crippen LogP contribution is 2.26. The van der Waals surface area contributed by atoms with Crippen LogP contribution < -0.4 is 5.32 Å². The second-order valence-corrected chi connectivity index (χ2v) is 7.85. The van der Waals surface area contributed by atoms with Crippen molar-refractivity contribution in [3.63, 3.8) is 0 Å². The van der Waals surface area contributed by atoms with Crippen molar-refractivity contribution >= 4 is 17.7 Å². The molecule has 6 atom stereocenters. The molecule has 0 aromatic heterocycles. The van der Waals surface area contributed by atoms with Crippen molar-refractivity contribution in [2.75, 3.05) is 13.2 Å². The number of carboxylic acids is 1. The van der Waals surface area contributed by atoms with Crippen molar-refractivity contribution in [1.82, 2.24) is 5.32 Å². The van der Waals surface area contributed by atoms with E-state index in [1.807, 2.05) is 30.3 Å². The monoisotopic (exact) mass is 453 g/mol. The Morgan fingerprint density at radius 3 is 2.50 bits per heavy atom. The van der Waals surface area contributed by atoms with E-state index in [-0.39, 0.29) is 25.4 Å². The summed E-state index contributed by atoms with van der Waals surface area (Å²) in [6, 6.07) is 8.41. The maximum atomic E-state index is 12.3. The molecule has 1 aromatic rings. The van der Waals surface area contributed by atoms with Crippen LogP contribution in [0.5, 0.6) is 0 Å². The molecule has 2 unspecified atom stereocenters. The highest BCUT2D eigenvalue weighted by atomic mass is 16.7. The molecule has 0 aliphatic carbocycles. The molecular formula is C22H31NO9. The number of ketones is 1. The third kappa shape index (κ3) is 7.64. The molecule has 1 saturated heterocycles. The van der Waals surface area contributed by atoms with Crippen LogP contribution in [-0.4, -0.2) is 76.8 Å². The fraction of sp³-hybridized carbons (Fsp3) is 0.591. The predicted octanol–water partition coefficient (Wildman–Crippen LogP) is 0.241. The topological polar surface area (TPSA) is 152 Å². The third-order valence-electron chi connectivity index (χ3n) is 5.10. The summed E-state index contributed by atoms with van der Waals surface area (Å²) in [5, 5.41) is 32.6. The third-order valence-corrected chi connectivity index (χ3v) is 5.10. The lowest BCUT2D eigenvalue weighted by Gasteiger charge is -2.44. The van der Waals surface area contributed by atoms with Gasteiger partial charge in [-0.2, -0.15) is 0 Å². The summed E-state index contributed by atoms with van der Waals surface area (Å²) in [6.45, 7) is 2.67. The van der Waals surface area contributed by atoms with Gasteiger partial charge in [-0.1, -0.05) is 37.3 Å². The number of aliphatic carboxylic acids is 1. The number of ether oxygens (including phenoxy) is 3. The first-order valence-corrected chi connectivity index (χ1v) is 10.5. The van der Waals surface area contributed by atoms with E-state index in [1.165, 1.54) is 13.8 Å². The van der Waals surface area contributed by atoms with Crippen LogP contribution in [0.4, 0.5) is 0 Å². The van der Waals surface area contributed by atoms with Gasteiger partial charge in [0.25, 0.3) is 0 Å². The lowest BCUT2D eigenvalue weighted by Crippen LogP contribution is -2.65. The summed E-state index contributed by atoms with van der Waals surface area (Å²) >= 11 is 0. The smallest absolute Gasteiger partial charge is 0.309 e. The van der Waals surface area contributed by atoms with E-state index in [0.717, 1.165) is 5.56 Å². The normalized spacial score (nSPS) is 26.3. The van der Waals surface area contributed by atoms with Gasteiger partial charge in [0.05, 0.1) is 31.6 Å². The van der Waals surface area contributed by atoms with E-state index in [2.05, 4.69) is 5.32 Å². The van der Waals surface area contributed by atoms with Crippen LogP contribution in [0.2, 0.25) is 0 Å². The molecule has 0 amide bonds. The molecule has 1 aliphatic heterocycles. The number of rotatable bonds is 12. The number of esters is 1. The Hall–Kier alpha value is -2.37. The zero-order chi connectivity index (χ0) is 23.7. The molecule has 1 fully saturated rings. The fourth-order valence-corrected chi connectivity index (χ4v) is 3.34. The summed E-state index contributed by atoms with van der Waals surface area (Å²) in [7, 11) is 0. The number of hydrogen-bond acceptors (Lipinski definition) is 9. The van der Waals surface area contributed by atoms with Crippen molar-refractivity contribution in [1.29, 1.82) is 0 Å². The summed E-state index contributed by atoms with van der Waals surface area (Å²) < 4.78 is 17.0. The number of nitrogens with one attached hydrogen (secondary N) is 1. The fourth-order valence-electron chi connectivity index (χ4n) is 3.34. The molecule has 4 N–H and O–H groups in total. The van der Waals surface area contributed by atoms with E-state index in [0.29, 0.717) is 0 Å². The molecule has 1 heterocycles. The van der Waals surface area contributed by atoms with Crippen LogP contribution in [0.1, 0.15) is 32.3 Å². The van der Waals surface area contributed by atoms with E-state index < -0.39 is 61.5 Å². The van der Waals surface area contributed by atoms with Crippen LogP contribution in [0.15, 0.2) is 30.3 Å². The first-order chi connectivity index (χ1) is 15.2. The van der Waals surface area contributed by atoms with Crippen molar-refractivity contribution in [2.45, 2.75) is 63.9 Å². The summed E-state index contributed by atoms with van der Waals surface area (Å²) in [5.41, 5.74) is 0.865. The highest BCUT2D eigenvalue weighted by molar-refractivity contribution is 5.78. The minimum absolute atomic E-state index is 0.0517. The van der Waals surface area contributed by atoms with Gasteiger partial charge in [-0.3, -0.25) is 14.4 Å². The average Bonchev–Trinajstić information content (AvgIpc) is 2.75. The number of hydrogen-bond donors (Lipinski definition) is 4. The Kier molecular flexibility index (Phi) is 10.2. The largest absolute Gasteiger partial charge is 0.481 e. The summed E-state index contributed by atoms with van der Waals surface area (Å²) in [6.07, 6.45) is -4.91. The number of carbonyl (C=O) groups is 3. The second kappa shape index (κ2) is 12.6. The summed E-state index contributed by atoms with van der Waals surface area (Å²) in [5.74, 6) is -2.99. The molecule has 0 bridgehead atoms. The van der Waals surface area contributed by atoms with E-state index in [4.69, 9.17) is 19.3 Å². The number of carboxylic acid groups (broad SMARTS) is 1. The Balaban J connectivity index is 2.14. The molecule has 1 aromatic carbocycles. The van der Waals surface area contributed by atoms with Crippen molar-refractivity contribution in [3.05, 3.63) is 35.9 Å². The van der Waals surface area contributed by atoms with Gasteiger partial charge in [0.15, 0.2) is 12.4 Å². The van der Waals surface area contributed by atoms with Gasteiger partial charge in [-0.05, 0) is 12.5 Å². The van der Waals surface area contributed by atoms with Crippen LogP contribution in [-0.2, 0) is 35.2 Å². The molecule has 178 valence electrons. The number of aliphatic hydroxyl groups excluding tert-OH is 2. The van der Waals surface area contributed by atoms with Gasteiger partial charge < -0.3 is 34.8 Å². The van der Waals surface area contributed by atoms with Crippen molar-refractivity contribution < 1.29 is 43.9 Å². The standard InChI is InChI=1S/C22H31NO9/c1-13(10-17(26)27)21(29)32-20-16(11-24)31-22(30-12-15-6-4-3-5-7-15)18(19(20)28)23-9-8-14(2)25/h3-7,13,16,18-20,22-24,28H,8-12H2,1-2H3,(H,26,27)/t13?,16-,18-,19-,20-,22?/m1/s1. The Morgan fingerprint density at radius 1 is 1.22 bits per heavy atom. The van der Waals surface area contributed by atoms with Crippen LogP contribution in [0.25, 0.3) is 0 Å². The van der Waals surface area contributed by atoms with E-state index in [1.54, 1.807) is 0 Å². The van der Waals surface area contributed by atoms with Crippen molar-refractivity contribution in [3.8, 4) is 0 Å². The average molecular weight is 453 g/mol. The second-order valence-electron chi connectivity index (χ2n) is 7.85.